The highest BCUT2D eigenvalue weighted by Crippen LogP contribution is 2.42. The van der Waals surface area contributed by atoms with E-state index in [0.717, 1.165) is 37.9 Å². The van der Waals surface area contributed by atoms with Crippen molar-refractivity contribution in [3.05, 3.63) is 42.5 Å². The molecule has 6 heteroatoms. The smallest absolute Gasteiger partial charge is 0.306 e. The molecule has 178 valence electrons. The van der Waals surface area contributed by atoms with Crippen molar-refractivity contribution >= 4 is 5.97 Å². The SMILES string of the molecule is CC(C)OC(=O)CCC[C@H]1CCC[C@@H]2[C@@H](C=C[C@@H](O)COc3ccccc3)[C@H](O)C[C@@H]2O1. The van der Waals surface area contributed by atoms with Gasteiger partial charge in [0, 0.05) is 18.8 Å². The number of aliphatic hydroxyl groups excluding tert-OH is 2. The second-order valence-electron chi connectivity index (χ2n) is 9.28. The van der Waals surface area contributed by atoms with Crippen molar-refractivity contribution < 1.29 is 29.2 Å². The van der Waals surface area contributed by atoms with Crippen LogP contribution in [0.5, 0.6) is 5.75 Å². The van der Waals surface area contributed by atoms with Crippen molar-refractivity contribution in [1.29, 1.82) is 0 Å². The highest BCUT2D eigenvalue weighted by Gasteiger charge is 2.43. The van der Waals surface area contributed by atoms with Crippen LogP contribution in [0.15, 0.2) is 42.5 Å². The molecule has 0 spiro atoms. The van der Waals surface area contributed by atoms with Crippen LogP contribution in [0.3, 0.4) is 0 Å². The Hall–Kier alpha value is -1.89. The molecule has 1 saturated carbocycles. The first-order chi connectivity index (χ1) is 15.4. The van der Waals surface area contributed by atoms with E-state index in [1.165, 1.54) is 0 Å². The molecule has 0 unspecified atom stereocenters. The number of rotatable bonds is 10. The summed E-state index contributed by atoms with van der Waals surface area (Å²) in [5.41, 5.74) is 0. The zero-order valence-corrected chi connectivity index (χ0v) is 19.3. The van der Waals surface area contributed by atoms with Crippen molar-refractivity contribution in [3.63, 3.8) is 0 Å². The number of hydrogen-bond donors (Lipinski definition) is 2. The van der Waals surface area contributed by atoms with Gasteiger partial charge in [-0.25, -0.2) is 0 Å². The molecular formula is C26H38O6. The van der Waals surface area contributed by atoms with Gasteiger partial charge in [-0.1, -0.05) is 36.8 Å². The van der Waals surface area contributed by atoms with Crippen molar-refractivity contribution in [2.24, 2.45) is 11.8 Å². The maximum Gasteiger partial charge on any atom is 0.306 e. The van der Waals surface area contributed by atoms with Gasteiger partial charge in [0.1, 0.15) is 18.5 Å². The van der Waals surface area contributed by atoms with Crippen molar-refractivity contribution in [3.8, 4) is 5.75 Å². The Bertz CT molecular complexity index is 718. The summed E-state index contributed by atoms with van der Waals surface area (Å²) in [6.45, 7) is 3.89. The minimum absolute atomic E-state index is 0.0208. The van der Waals surface area contributed by atoms with Gasteiger partial charge in [-0.3, -0.25) is 4.79 Å². The molecule has 0 radical (unpaired) electrons. The Morgan fingerprint density at radius 2 is 2.03 bits per heavy atom. The largest absolute Gasteiger partial charge is 0.491 e. The van der Waals surface area contributed by atoms with Crippen LogP contribution in [0.4, 0.5) is 0 Å². The number of carbonyl (C=O) groups excluding carboxylic acids is 1. The standard InChI is InChI=1S/C26H38O6/c1-18(2)31-26(29)13-7-11-21-10-6-12-23-22(24(28)16-25(23)32-21)15-14-19(27)17-30-20-8-4-3-5-9-20/h3-5,8-9,14-15,18-19,21-25,27-28H,6-7,10-13,16-17H2,1-2H3/t19-,21-,22-,23-,24-,25+/m1/s1. The fourth-order valence-corrected chi connectivity index (χ4v) is 4.82. The van der Waals surface area contributed by atoms with E-state index < -0.39 is 12.2 Å². The number of hydrogen-bond acceptors (Lipinski definition) is 6. The normalized spacial score (nSPS) is 29.0. The second kappa shape index (κ2) is 12.4. The number of esters is 1. The average molecular weight is 447 g/mol. The molecule has 1 aromatic carbocycles. The molecule has 0 aromatic heterocycles. The van der Waals surface area contributed by atoms with Crippen LogP contribution in [-0.2, 0) is 14.3 Å². The lowest BCUT2D eigenvalue weighted by Crippen LogP contribution is -2.24. The fourth-order valence-electron chi connectivity index (χ4n) is 4.82. The molecule has 1 aromatic rings. The summed E-state index contributed by atoms with van der Waals surface area (Å²) in [6, 6.07) is 9.41. The van der Waals surface area contributed by atoms with Gasteiger partial charge in [-0.05, 0) is 57.6 Å². The number of benzene rings is 1. The molecule has 2 N–H and O–H groups in total. The van der Waals surface area contributed by atoms with E-state index in [1.807, 2.05) is 50.3 Å². The number of para-hydroxylation sites is 1. The van der Waals surface area contributed by atoms with E-state index >= 15 is 0 Å². The number of ether oxygens (including phenoxy) is 3. The predicted octanol–water partition coefficient (Wildman–Crippen LogP) is 4.04. The minimum atomic E-state index is -0.730. The molecule has 1 saturated heterocycles. The van der Waals surface area contributed by atoms with Crippen LogP contribution in [-0.4, -0.2) is 53.3 Å². The molecule has 0 amide bonds. The van der Waals surface area contributed by atoms with Crippen LogP contribution < -0.4 is 4.74 Å². The van der Waals surface area contributed by atoms with E-state index in [2.05, 4.69) is 0 Å². The topological polar surface area (TPSA) is 85.2 Å². The number of fused-ring (bicyclic) bond motifs is 1. The lowest BCUT2D eigenvalue weighted by molar-refractivity contribution is -0.147. The lowest BCUT2D eigenvalue weighted by Gasteiger charge is -2.23. The number of carbonyl (C=O) groups is 1. The van der Waals surface area contributed by atoms with Gasteiger partial charge in [-0.2, -0.15) is 0 Å². The third-order valence-corrected chi connectivity index (χ3v) is 6.31. The number of aliphatic hydroxyl groups is 2. The Labute approximate surface area is 191 Å². The molecule has 6 nitrogen and oxygen atoms in total. The van der Waals surface area contributed by atoms with Gasteiger partial charge in [0.25, 0.3) is 0 Å². The van der Waals surface area contributed by atoms with Crippen molar-refractivity contribution in [2.45, 2.75) is 89.3 Å². The summed E-state index contributed by atoms with van der Waals surface area (Å²) in [6.07, 6.45) is 8.19. The van der Waals surface area contributed by atoms with Gasteiger partial charge in [0.05, 0.1) is 24.4 Å². The molecule has 32 heavy (non-hydrogen) atoms. The summed E-state index contributed by atoms with van der Waals surface area (Å²) < 4.78 is 17.2. The third-order valence-electron chi connectivity index (χ3n) is 6.31. The van der Waals surface area contributed by atoms with Gasteiger partial charge in [0.15, 0.2) is 0 Å². The molecule has 2 fully saturated rings. The molecule has 0 bridgehead atoms. The first kappa shape index (κ1) is 24.7. The van der Waals surface area contributed by atoms with Gasteiger partial charge >= 0.3 is 5.97 Å². The van der Waals surface area contributed by atoms with E-state index in [0.29, 0.717) is 12.8 Å². The molecule has 1 heterocycles. The Balaban J connectivity index is 1.46. The van der Waals surface area contributed by atoms with Gasteiger partial charge in [-0.15, -0.1) is 0 Å². The predicted molar refractivity (Wildman–Crippen MR) is 122 cm³/mol. The highest BCUT2D eigenvalue weighted by molar-refractivity contribution is 5.69. The summed E-state index contributed by atoms with van der Waals surface area (Å²) >= 11 is 0. The highest BCUT2D eigenvalue weighted by atomic mass is 16.5. The summed E-state index contributed by atoms with van der Waals surface area (Å²) in [5, 5.41) is 20.9. The molecular weight excluding hydrogens is 408 g/mol. The molecule has 6 atom stereocenters. The van der Waals surface area contributed by atoms with Crippen LogP contribution >= 0.6 is 0 Å². The molecule has 3 rings (SSSR count). The van der Waals surface area contributed by atoms with E-state index in [1.54, 1.807) is 6.08 Å². The van der Waals surface area contributed by atoms with E-state index in [9.17, 15) is 15.0 Å². The van der Waals surface area contributed by atoms with Crippen LogP contribution in [0.2, 0.25) is 0 Å². The van der Waals surface area contributed by atoms with Crippen LogP contribution in [0.1, 0.15) is 58.8 Å². The fraction of sp³-hybridized carbons (Fsp3) is 0.654. The zero-order valence-electron chi connectivity index (χ0n) is 19.3. The summed E-state index contributed by atoms with van der Waals surface area (Å²) in [5.74, 6) is 0.801. The van der Waals surface area contributed by atoms with Crippen molar-refractivity contribution in [1.82, 2.24) is 0 Å². The Kier molecular flexibility index (Phi) is 9.57. The summed E-state index contributed by atoms with van der Waals surface area (Å²) in [4.78, 5) is 11.8. The molecule has 1 aliphatic heterocycles. The van der Waals surface area contributed by atoms with Crippen molar-refractivity contribution in [2.75, 3.05) is 6.61 Å². The van der Waals surface area contributed by atoms with E-state index in [4.69, 9.17) is 14.2 Å². The van der Waals surface area contributed by atoms with E-state index in [-0.39, 0.29) is 42.7 Å². The van der Waals surface area contributed by atoms with Crippen LogP contribution in [0, 0.1) is 11.8 Å². The van der Waals surface area contributed by atoms with Gasteiger partial charge in [0.2, 0.25) is 0 Å². The average Bonchev–Trinajstić information content (AvgIpc) is 2.91. The molecule has 1 aliphatic carbocycles. The monoisotopic (exact) mass is 446 g/mol. The van der Waals surface area contributed by atoms with Crippen LogP contribution in [0.25, 0.3) is 0 Å². The third kappa shape index (κ3) is 7.61. The lowest BCUT2D eigenvalue weighted by atomic mass is 9.88. The quantitative estimate of drug-likeness (QED) is 0.417. The maximum atomic E-state index is 11.8. The summed E-state index contributed by atoms with van der Waals surface area (Å²) in [7, 11) is 0. The first-order valence-electron chi connectivity index (χ1n) is 12.0. The first-order valence-corrected chi connectivity index (χ1v) is 12.0. The maximum absolute atomic E-state index is 11.8. The zero-order chi connectivity index (χ0) is 22.9. The Morgan fingerprint density at radius 3 is 2.78 bits per heavy atom. The molecule has 2 aliphatic rings. The second-order valence-corrected chi connectivity index (χ2v) is 9.28. The van der Waals surface area contributed by atoms with Gasteiger partial charge < -0.3 is 24.4 Å². The Morgan fingerprint density at radius 1 is 1.25 bits per heavy atom. The minimum Gasteiger partial charge on any atom is -0.491 e.